The van der Waals surface area contributed by atoms with Crippen LogP contribution in [0.2, 0.25) is 0 Å². The molecule has 2 rings (SSSR count). The van der Waals surface area contributed by atoms with E-state index in [1.165, 1.54) is 6.07 Å². The van der Waals surface area contributed by atoms with Crippen molar-refractivity contribution in [3.63, 3.8) is 0 Å². The van der Waals surface area contributed by atoms with Gasteiger partial charge in [0.25, 0.3) is 0 Å². The van der Waals surface area contributed by atoms with Crippen LogP contribution >= 0.6 is 15.9 Å². The summed E-state index contributed by atoms with van der Waals surface area (Å²) < 4.78 is 14.6. The van der Waals surface area contributed by atoms with E-state index in [1.54, 1.807) is 12.1 Å². The van der Waals surface area contributed by atoms with Gasteiger partial charge in [-0.25, -0.2) is 4.39 Å². The number of benzene rings is 1. The first-order valence-corrected chi connectivity index (χ1v) is 5.94. The topological polar surface area (TPSA) is 41.6 Å². The minimum atomic E-state index is -0.212. The third-order valence-electron chi connectivity index (χ3n) is 2.75. The highest BCUT2D eigenvalue weighted by Gasteiger charge is 2.28. The Kier molecular flexibility index (Phi) is 3.14. The van der Waals surface area contributed by atoms with Crippen LogP contribution < -0.4 is 5.73 Å². The van der Waals surface area contributed by atoms with Crippen molar-refractivity contribution in [2.24, 2.45) is 10.7 Å². The fraction of sp³-hybridized carbons (Fsp3) is 0.364. The van der Waals surface area contributed by atoms with Crippen molar-refractivity contribution in [2.45, 2.75) is 13.0 Å². The van der Waals surface area contributed by atoms with Crippen molar-refractivity contribution >= 4 is 21.9 Å². The SMILES string of the molecule is CCN1C(N)=NCC1c1cc(Br)ccc1F. The Balaban J connectivity index is 2.35. The van der Waals surface area contributed by atoms with Gasteiger partial charge in [0.15, 0.2) is 5.96 Å². The van der Waals surface area contributed by atoms with Crippen molar-refractivity contribution in [1.29, 1.82) is 0 Å². The second-order valence-corrected chi connectivity index (χ2v) is 4.58. The molecule has 16 heavy (non-hydrogen) atoms. The molecule has 1 unspecified atom stereocenters. The predicted octanol–water partition coefficient (Wildman–Crippen LogP) is 2.28. The summed E-state index contributed by atoms with van der Waals surface area (Å²) in [7, 11) is 0. The molecule has 0 bridgehead atoms. The second-order valence-electron chi connectivity index (χ2n) is 3.67. The van der Waals surface area contributed by atoms with Crippen molar-refractivity contribution in [3.8, 4) is 0 Å². The lowest BCUT2D eigenvalue weighted by atomic mass is 10.1. The van der Waals surface area contributed by atoms with E-state index in [0.717, 1.165) is 11.0 Å². The van der Waals surface area contributed by atoms with Crippen LogP contribution in [0.5, 0.6) is 0 Å². The Bertz CT molecular complexity index is 433. The van der Waals surface area contributed by atoms with Crippen molar-refractivity contribution in [1.82, 2.24) is 4.90 Å². The molecule has 1 heterocycles. The summed E-state index contributed by atoms with van der Waals surface area (Å²) in [6.45, 7) is 3.23. The number of aliphatic imine (C=N–C) groups is 1. The maximum atomic E-state index is 13.7. The molecule has 5 heteroatoms. The molecule has 1 aromatic carbocycles. The molecule has 1 aliphatic heterocycles. The smallest absolute Gasteiger partial charge is 0.191 e. The molecule has 2 N–H and O–H groups in total. The van der Waals surface area contributed by atoms with E-state index in [4.69, 9.17) is 5.73 Å². The van der Waals surface area contributed by atoms with Crippen LogP contribution in [0.25, 0.3) is 0 Å². The molecular formula is C11H13BrFN3. The summed E-state index contributed by atoms with van der Waals surface area (Å²) in [5.41, 5.74) is 6.39. The van der Waals surface area contributed by atoms with E-state index in [9.17, 15) is 4.39 Å². The van der Waals surface area contributed by atoms with Gasteiger partial charge in [0, 0.05) is 16.6 Å². The van der Waals surface area contributed by atoms with Crippen molar-refractivity contribution < 1.29 is 4.39 Å². The van der Waals surface area contributed by atoms with Gasteiger partial charge in [0.1, 0.15) is 5.82 Å². The van der Waals surface area contributed by atoms with Crippen LogP contribution in [-0.2, 0) is 0 Å². The zero-order valence-corrected chi connectivity index (χ0v) is 10.5. The van der Waals surface area contributed by atoms with Gasteiger partial charge < -0.3 is 10.6 Å². The molecule has 1 atom stereocenters. The molecule has 0 aliphatic carbocycles. The Labute approximate surface area is 102 Å². The van der Waals surface area contributed by atoms with E-state index in [0.29, 0.717) is 18.1 Å². The van der Waals surface area contributed by atoms with Crippen LogP contribution in [-0.4, -0.2) is 23.9 Å². The molecule has 0 radical (unpaired) electrons. The third kappa shape index (κ3) is 1.91. The zero-order valence-electron chi connectivity index (χ0n) is 8.95. The molecular weight excluding hydrogens is 273 g/mol. The first kappa shape index (κ1) is 11.4. The highest BCUT2D eigenvalue weighted by molar-refractivity contribution is 9.10. The Morgan fingerprint density at radius 1 is 1.62 bits per heavy atom. The number of nitrogens with two attached hydrogens (primary N) is 1. The number of rotatable bonds is 2. The van der Waals surface area contributed by atoms with Gasteiger partial charge >= 0.3 is 0 Å². The summed E-state index contributed by atoms with van der Waals surface area (Å²) in [5, 5.41) is 0. The summed E-state index contributed by atoms with van der Waals surface area (Å²) in [6, 6.07) is 4.86. The van der Waals surface area contributed by atoms with Gasteiger partial charge in [-0.3, -0.25) is 4.99 Å². The molecule has 0 fully saturated rings. The van der Waals surface area contributed by atoms with Gasteiger partial charge in [-0.1, -0.05) is 15.9 Å². The molecule has 0 amide bonds. The predicted molar refractivity (Wildman–Crippen MR) is 65.7 cm³/mol. The summed E-state index contributed by atoms with van der Waals surface area (Å²) in [5.74, 6) is 0.281. The highest BCUT2D eigenvalue weighted by atomic mass is 79.9. The van der Waals surface area contributed by atoms with Crippen molar-refractivity contribution in [2.75, 3.05) is 13.1 Å². The van der Waals surface area contributed by atoms with E-state index in [-0.39, 0.29) is 11.9 Å². The monoisotopic (exact) mass is 285 g/mol. The summed E-state index contributed by atoms with van der Waals surface area (Å²) >= 11 is 3.35. The number of hydrogen-bond donors (Lipinski definition) is 1. The minimum absolute atomic E-state index is 0.0810. The number of guanidine groups is 1. The number of likely N-dealkylation sites (N-methyl/N-ethyl adjacent to an activating group) is 1. The lowest BCUT2D eigenvalue weighted by Gasteiger charge is -2.25. The van der Waals surface area contributed by atoms with Crippen LogP contribution in [0.1, 0.15) is 18.5 Å². The molecule has 86 valence electrons. The van der Waals surface area contributed by atoms with Crippen LogP contribution in [0.15, 0.2) is 27.7 Å². The van der Waals surface area contributed by atoms with Crippen LogP contribution in [0.4, 0.5) is 4.39 Å². The van der Waals surface area contributed by atoms with Gasteiger partial charge in [-0.15, -0.1) is 0 Å². The quantitative estimate of drug-likeness (QED) is 0.906. The molecule has 1 aliphatic rings. The molecule has 0 saturated heterocycles. The average Bonchev–Trinajstić information content (AvgIpc) is 2.63. The van der Waals surface area contributed by atoms with Crippen LogP contribution in [0, 0.1) is 5.82 Å². The Hall–Kier alpha value is -1.10. The molecule has 1 aromatic rings. The molecule has 0 saturated carbocycles. The molecule has 3 nitrogen and oxygen atoms in total. The standard InChI is InChI=1S/C11H13BrFN3/c1-2-16-10(6-15-11(16)14)8-5-7(12)3-4-9(8)13/h3-5,10H,2,6H2,1H3,(H2,14,15). The first-order chi connectivity index (χ1) is 7.63. The largest absolute Gasteiger partial charge is 0.370 e. The van der Waals surface area contributed by atoms with E-state index < -0.39 is 0 Å². The second kappa shape index (κ2) is 4.41. The lowest BCUT2D eigenvalue weighted by molar-refractivity contribution is 0.354. The van der Waals surface area contributed by atoms with Gasteiger partial charge in [0.2, 0.25) is 0 Å². The Morgan fingerprint density at radius 2 is 2.38 bits per heavy atom. The molecule has 0 spiro atoms. The van der Waals surface area contributed by atoms with E-state index in [2.05, 4.69) is 20.9 Å². The maximum Gasteiger partial charge on any atom is 0.191 e. The number of hydrogen-bond acceptors (Lipinski definition) is 3. The Morgan fingerprint density at radius 3 is 3.06 bits per heavy atom. The lowest BCUT2D eigenvalue weighted by Crippen LogP contribution is -2.36. The fourth-order valence-electron chi connectivity index (χ4n) is 1.95. The fourth-order valence-corrected chi connectivity index (χ4v) is 2.33. The molecule has 0 aromatic heterocycles. The van der Waals surface area contributed by atoms with Crippen molar-refractivity contribution in [3.05, 3.63) is 34.1 Å². The number of nitrogens with zero attached hydrogens (tertiary/aromatic N) is 2. The summed E-state index contributed by atoms with van der Waals surface area (Å²) in [4.78, 5) is 6.06. The average molecular weight is 286 g/mol. The highest BCUT2D eigenvalue weighted by Crippen LogP contribution is 2.29. The van der Waals surface area contributed by atoms with Gasteiger partial charge in [-0.2, -0.15) is 0 Å². The van der Waals surface area contributed by atoms with E-state index >= 15 is 0 Å². The summed E-state index contributed by atoms with van der Waals surface area (Å²) in [6.07, 6.45) is 0. The number of halogens is 2. The normalized spacial score (nSPS) is 20.1. The van der Waals surface area contributed by atoms with Crippen LogP contribution in [0.3, 0.4) is 0 Å². The minimum Gasteiger partial charge on any atom is -0.370 e. The van der Waals surface area contributed by atoms with Gasteiger partial charge in [0.05, 0.1) is 12.6 Å². The maximum absolute atomic E-state index is 13.7. The third-order valence-corrected chi connectivity index (χ3v) is 3.25. The first-order valence-electron chi connectivity index (χ1n) is 5.15. The van der Waals surface area contributed by atoms with Gasteiger partial charge in [-0.05, 0) is 25.1 Å². The van der Waals surface area contributed by atoms with E-state index in [1.807, 2.05) is 11.8 Å². The zero-order chi connectivity index (χ0) is 11.7.